The van der Waals surface area contributed by atoms with Crippen LogP contribution in [0.1, 0.15) is 20.3 Å². The molecular formula is C10H21FN2O. The number of alkyl halides is 1. The molecule has 2 saturated heterocycles. The highest BCUT2D eigenvalue weighted by Crippen LogP contribution is 2.18. The quantitative estimate of drug-likeness (QED) is 0.686. The van der Waals surface area contributed by atoms with Crippen LogP contribution in [0.5, 0.6) is 0 Å². The van der Waals surface area contributed by atoms with Gasteiger partial charge in [0.25, 0.3) is 0 Å². The smallest absolute Gasteiger partial charge is 0.128 e. The topological polar surface area (TPSA) is 38.5 Å². The van der Waals surface area contributed by atoms with E-state index >= 15 is 0 Å². The number of ether oxygens (including phenoxy) is 1. The third-order valence-corrected chi connectivity index (χ3v) is 2.76. The van der Waals surface area contributed by atoms with E-state index in [1.54, 1.807) is 0 Å². The van der Waals surface area contributed by atoms with Gasteiger partial charge >= 0.3 is 0 Å². The Morgan fingerprint density at radius 2 is 2.00 bits per heavy atom. The fourth-order valence-corrected chi connectivity index (χ4v) is 1.71. The predicted molar refractivity (Wildman–Crippen MR) is 55.0 cm³/mol. The first-order valence-electron chi connectivity index (χ1n) is 5.49. The summed E-state index contributed by atoms with van der Waals surface area (Å²) in [5, 5.41) is 0. The monoisotopic (exact) mass is 204 g/mol. The molecule has 2 aliphatic heterocycles. The van der Waals surface area contributed by atoms with Gasteiger partial charge < -0.3 is 10.5 Å². The molecule has 0 aromatic rings. The zero-order valence-corrected chi connectivity index (χ0v) is 9.08. The van der Waals surface area contributed by atoms with E-state index in [0.29, 0.717) is 12.6 Å². The largest absolute Gasteiger partial charge is 0.378 e. The average Bonchev–Trinajstić information content (AvgIpc) is 2.12. The predicted octanol–water partition coefficient (Wildman–Crippen LogP) is 0.782. The van der Waals surface area contributed by atoms with Crippen LogP contribution in [0.3, 0.4) is 0 Å². The van der Waals surface area contributed by atoms with Gasteiger partial charge in [0.2, 0.25) is 0 Å². The molecule has 84 valence electrons. The summed E-state index contributed by atoms with van der Waals surface area (Å²) in [6.07, 6.45) is -0.0724. The Morgan fingerprint density at radius 3 is 2.43 bits per heavy atom. The minimum Gasteiger partial charge on any atom is -0.378 e. The molecule has 0 bridgehead atoms. The number of likely N-dealkylation sites (tertiary alicyclic amines) is 1. The molecule has 4 heteroatoms. The second-order valence-electron chi connectivity index (χ2n) is 3.65. The number of hydrogen-bond donors (Lipinski definition) is 1. The van der Waals surface area contributed by atoms with Crippen molar-refractivity contribution in [3.8, 4) is 0 Å². The summed E-state index contributed by atoms with van der Waals surface area (Å²) in [7, 11) is 0. The molecule has 0 radical (unpaired) electrons. The molecule has 0 aromatic heterocycles. The van der Waals surface area contributed by atoms with Crippen LogP contribution in [0.4, 0.5) is 4.39 Å². The minimum absolute atomic E-state index is 0.248. The Hall–Kier alpha value is -0.190. The fourth-order valence-electron chi connectivity index (χ4n) is 1.71. The summed E-state index contributed by atoms with van der Waals surface area (Å²) in [4.78, 5) is 2.15. The molecular weight excluding hydrogens is 183 g/mol. The van der Waals surface area contributed by atoms with Crippen molar-refractivity contribution in [3.05, 3.63) is 0 Å². The van der Waals surface area contributed by atoms with Gasteiger partial charge in [0.1, 0.15) is 6.17 Å². The summed E-state index contributed by atoms with van der Waals surface area (Å²) >= 11 is 0. The molecule has 0 spiro atoms. The van der Waals surface area contributed by atoms with Crippen molar-refractivity contribution < 1.29 is 9.13 Å². The first-order chi connectivity index (χ1) is 6.77. The van der Waals surface area contributed by atoms with Crippen molar-refractivity contribution in [2.45, 2.75) is 38.5 Å². The maximum Gasteiger partial charge on any atom is 0.128 e. The van der Waals surface area contributed by atoms with Crippen LogP contribution in [0.25, 0.3) is 0 Å². The lowest BCUT2D eigenvalue weighted by Gasteiger charge is -2.41. The van der Waals surface area contributed by atoms with Crippen molar-refractivity contribution in [1.82, 2.24) is 4.90 Å². The van der Waals surface area contributed by atoms with Crippen LogP contribution in [-0.4, -0.2) is 49.5 Å². The average molecular weight is 204 g/mol. The number of nitrogens with two attached hydrogens (primary N) is 1. The highest BCUT2D eigenvalue weighted by Gasteiger charge is 2.33. The van der Waals surface area contributed by atoms with Gasteiger partial charge in [0.05, 0.1) is 19.3 Å². The summed E-state index contributed by atoms with van der Waals surface area (Å²) in [6.45, 7) is 6.95. The van der Waals surface area contributed by atoms with E-state index in [1.807, 2.05) is 13.8 Å². The van der Waals surface area contributed by atoms with Crippen LogP contribution in [0.15, 0.2) is 0 Å². The van der Waals surface area contributed by atoms with Gasteiger partial charge in [-0.05, 0) is 6.42 Å². The first kappa shape index (κ1) is 11.9. The number of nitrogens with zero attached hydrogens (tertiary/aromatic N) is 1. The van der Waals surface area contributed by atoms with E-state index in [4.69, 9.17) is 10.5 Å². The Balaban J connectivity index is 0.000000461. The zero-order valence-electron chi connectivity index (χ0n) is 9.08. The molecule has 2 fully saturated rings. The van der Waals surface area contributed by atoms with Gasteiger partial charge in [0.15, 0.2) is 0 Å². The van der Waals surface area contributed by atoms with E-state index in [0.717, 1.165) is 26.2 Å². The molecule has 2 atom stereocenters. The molecule has 2 unspecified atom stereocenters. The van der Waals surface area contributed by atoms with E-state index in [2.05, 4.69) is 4.90 Å². The molecule has 0 amide bonds. The Labute approximate surface area is 85.4 Å². The molecule has 3 nitrogen and oxygen atoms in total. The molecule has 14 heavy (non-hydrogen) atoms. The Morgan fingerprint density at radius 1 is 1.36 bits per heavy atom. The minimum atomic E-state index is -0.848. The van der Waals surface area contributed by atoms with E-state index < -0.39 is 6.17 Å². The van der Waals surface area contributed by atoms with Crippen molar-refractivity contribution in [2.75, 3.05) is 26.3 Å². The molecule has 0 saturated carbocycles. The fraction of sp³-hybridized carbons (Fsp3) is 1.00. The van der Waals surface area contributed by atoms with Gasteiger partial charge in [-0.1, -0.05) is 13.8 Å². The van der Waals surface area contributed by atoms with Crippen LogP contribution in [0.2, 0.25) is 0 Å². The van der Waals surface area contributed by atoms with Gasteiger partial charge in [-0.15, -0.1) is 0 Å². The van der Waals surface area contributed by atoms with Gasteiger partial charge in [0, 0.05) is 19.1 Å². The molecule has 2 aliphatic rings. The summed E-state index contributed by atoms with van der Waals surface area (Å²) in [6, 6.07) is 0.206. The Kier molecular flexibility index (Phi) is 4.78. The van der Waals surface area contributed by atoms with Crippen molar-refractivity contribution in [1.29, 1.82) is 0 Å². The number of piperidine rings is 1. The molecule has 0 aromatic carbocycles. The number of hydrogen-bond acceptors (Lipinski definition) is 3. The second-order valence-corrected chi connectivity index (χ2v) is 3.65. The number of rotatable bonds is 1. The summed E-state index contributed by atoms with van der Waals surface area (Å²) in [5.41, 5.74) is 5.57. The van der Waals surface area contributed by atoms with E-state index in [1.165, 1.54) is 0 Å². The highest BCUT2D eigenvalue weighted by molar-refractivity contribution is 4.88. The van der Waals surface area contributed by atoms with E-state index in [9.17, 15) is 4.39 Å². The normalized spacial score (nSPS) is 34.3. The maximum absolute atomic E-state index is 13.1. The molecule has 0 aliphatic carbocycles. The standard InChI is InChI=1S/C8H15FN2O.C2H6/c9-7-3-11(2-1-8(7)10)6-4-12-5-6;1-2/h6-8H,1-5,10H2;1-2H3. The molecule has 2 rings (SSSR count). The molecule has 2 N–H and O–H groups in total. The lowest BCUT2D eigenvalue weighted by molar-refractivity contribution is -0.0802. The lowest BCUT2D eigenvalue weighted by atomic mass is 10.0. The van der Waals surface area contributed by atoms with E-state index in [-0.39, 0.29) is 6.04 Å². The maximum atomic E-state index is 13.1. The lowest BCUT2D eigenvalue weighted by Crippen LogP contribution is -2.57. The van der Waals surface area contributed by atoms with Crippen molar-refractivity contribution >= 4 is 0 Å². The molecule has 2 heterocycles. The van der Waals surface area contributed by atoms with Crippen LogP contribution >= 0.6 is 0 Å². The van der Waals surface area contributed by atoms with Crippen LogP contribution in [0, 0.1) is 0 Å². The SMILES string of the molecule is CC.NC1CCN(C2COC2)CC1F. The van der Waals surface area contributed by atoms with Gasteiger partial charge in [-0.2, -0.15) is 0 Å². The van der Waals surface area contributed by atoms with Crippen molar-refractivity contribution in [3.63, 3.8) is 0 Å². The zero-order chi connectivity index (χ0) is 10.6. The van der Waals surface area contributed by atoms with Gasteiger partial charge in [-0.3, -0.25) is 4.90 Å². The number of halogens is 1. The van der Waals surface area contributed by atoms with Crippen LogP contribution < -0.4 is 5.73 Å². The third kappa shape index (κ3) is 2.65. The summed E-state index contributed by atoms with van der Waals surface area (Å²) in [5.74, 6) is 0. The van der Waals surface area contributed by atoms with Crippen molar-refractivity contribution in [2.24, 2.45) is 5.73 Å². The highest BCUT2D eigenvalue weighted by atomic mass is 19.1. The first-order valence-corrected chi connectivity index (χ1v) is 5.49. The van der Waals surface area contributed by atoms with Crippen LogP contribution in [-0.2, 0) is 4.74 Å². The Bertz CT molecular complexity index is 164. The second kappa shape index (κ2) is 5.63. The summed E-state index contributed by atoms with van der Waals surface area (Å²) < 4.78 is 18.2. The third-order valence-electron chi connectivity index (χ3n) is 2.76. The van der Waals surface area contributed by atoms with Gasteiger partial charge in [-0.25, -0.2) is 4.39 Å².